The normalized spacial score (nSPS) is 10.6. The molecule has 3 aromatic rings. The number of benzene rings is 1. The molecule has 0 aliphatic heterocycles. The lowest BCUT2D eigenvalue weighted by Gasteiger charge is -2.22. The zero-order chi connectivity index (χ0) is 19.1. The summed E-state index contributed by atoms with van der Waals surface area (Å²) in [5.41, 5.74) is 1.19. The Kier molecular flexibility index (Phi) is 6.79. The van der Waals surface area contributed by atoms with Crippen molar-refractivity contribution in [2.24, 2.45) is 0 Å². The molecule has 0 unspecified atom stereocenters. The van der Waals surface area contributed by atoms with Gasteiger partial charge in [0.2, 0.25) is 5.91 Å². The summed E-state index contributed by atoms with van der Waals surface area (Å²) in [4.78, 5) is 29.7. The van der Waals surface area contributed by atoms with Gasteiger partial charge in [-0.3, -0.25) is 9.59 Å². The van der Waals surface area contributed by atoms with Crippen LogP contribution in [0.5, 0.6) is 0 Å². The fourth-order valence-corrected chi connectivity index (χ4v) is 4.27. The Morgan fingerprint density at radius 3 is 2.52 bits per heavy atom. The molecule has 2 heterocycles. The van der Waals surface area contributed by atoms with Crippen LogP contribution < -0.4 is 5.32 Å². The zero-order valence-corrected chi connectivity index (χ0v) is 16.8. The summed E-state index contributed by atoms with van der Waals surface area (Å²) in [5, 5.41) is 4.59. The first kappa shape index (κ1) is 19.3. The number of thiophene rings is 2. The summed E-state index contributed by atoms with van der Waals surface area (Å²) in [6.45, 7) is 3.26. The summed E-state index contributed by atoms with van der Waals surface area (Å²) in [7, 11) is 0. The quantitative estimate of drug-likeness (QED) is 0.620. The van der Waals surface area contributed by atoms with E-state index in [9.17, 15) is 9.59 Å². The molecule has 0 saturated heterocycles. The number of nitrogens with one attached hydrogen (secondary N) is 1. The molecule has 0 aliphatic carbocycles. The molecule has 27 heavy (non-hydrogen) atoms. The maximum Gasteiger partial charge on any atom is 0.261 e. The predicted octanol–water partition coefficient (Wildman–Crippen LogP) is 4.12. The average molecular weight is 399 g/mol. The SMILES string of the molecule is Cc1ccc(CN(CCc2ccccc2)C(=O)CNC(=O)c2cccs2)s1. The van der Waals surface area contributed by atoms with Crippen molar-refractivity contribution in [3.05, 3.63) is 80.2 Å². The van der Waals surface area contributed by atoms with Crippen LogP contribution in [0, 0.1) is 6.92 Å². The highest BCUT2D eigenvalue weighted by Crippen LogP contribution is 2.17. The minimum atomic E-state index is -0.201. The van der Waals surface area contributed by atoms with Gasteiger partial charge in [-0.1, -0.05) is 36.4 Å². The maximum absolute atomic E-state index is 12.8. The molecule has 6 heteroatoms. The molecule has 0 fully saturated rings. The van der Waals surface area contributed by atoms with Crippen molar-refractivity contribution in [2.45, 2.75) is 19.9 Å². The van der Waals surface area contributed by atoms with E-state index in [1.54, 1.807) is 17.4 Å². The van der Waals surface area contributed by atoms with E-state index >= 15 is 0 Å². The molecule has 1 N–H and O–H groups in total. The van der Waals surface area contributed by atoms with Crippen LogP contribution in [-0.4, -0.2) is 29.8 Å². The number of nitrogens with zero attached hydrogens (tertiary/aromatic N) is 1. The highest BCUT2D eigenvalue weighted by molar-refractivity contribution is 7.12. The maximum atomic E-state index is 12.8. The molecular weight excluding hydrogens is 376 g/mol. The van der Waals surface area contributed by atoms with Gasteiger partial charge in [0, 0.05) is 16.3 Å². The van der Waals surface area contributed by atoms with Gasteiger partial charge in [-0.15, -0.1) is 22.7 Å². The monoisotopic (exact) mass is 398 g/mol. The average Bonchev–Trinajstić information content (AvgIpc) is 3.35. The van der Waals surface area contributed by atoms with Crippen molar-refractivity contribution < 1.29 is 9.59 Å². The van der Waals surface area contributed by atoms with E-state index in [-0.39, 0.29) is 18.4 Å². The minimum absolute atomic E-state index is 0.00980. The van der Waals surface area contributed by atoms with E-state index in [4.69, 9.17) is 0 Å². The number of hydrogen-bond donors (Lipinski definition) is 1. The van der Waals surface area contributed by atoms with E-state index < -0.39 is 0 Å². The second-order valence-corrected chi connectivity index (χ2v) is 8.54. The third-order valence-electron chi connectivity index (χ3n) is 4.15. The molecule has 2 amide bonds. The third-order valence-corrected chi connectivity index (χ3v) is 6.01. The second kappa shape index (κ2) is 9.48. The van der Waals surface area contributed by atoms with Crippen molar-refractivity contribution >= 4 is 34.5 Å². The van der Waals surface area contributed by atoms with Crippen LogP contribution in [0.1, 0.15) is 25.0 Å². The Hall–Kier alpha value is -2.44. The molecule has 0 bridgehead atoms. The van der Waals surface area contributed by atoms with Gasteiger partial charge in [-0.05, 0) is 42.5 Å². The van der Waals surface area contributed by atoms with Gasteiger partial charge >= 0.3 is 0 Å². The standard InChI is InChI=1S/C21H22N2O2S2/c1-16-9-10-18(27-16)15-23(12-11-17-6-3-2-4-7-17)20(24)14-22-21(25)19-8-5-13-26-19/h2-10,13H,11-12,14-15H2,1H3,(H,22,25). The van der Waals surface area contributed by atoms with Crippen LogP contribution >= 0.6 is 22.7 Å². The zero-order valence-electron chi connectivity index (χ0n) is 15.2. The van der Waals surface area contributed by atoms with E-state index in [0.29, 0.717) is 18.0 Å². The number of rotatable bonds is 8. The molecule has 1 aromatic carbocycles. The Labute approximate surface area is 167 Å². The summed E-state index contributed by atoms with van der Waals surface area (Å²) < 4.78 is 0. The Balaban J connectivity index is 1.62. The summed E-state index contributed by atoms with van der Waals surface area (Å²) in [6, 6.07) is 17.8. The third kappa shape index (κ3) is 5.77. The number of carbonyl (C=O) groups is 2. The van der Waals surface area contributed by atoms with Crippen molar-refractivity contribution in [3.8, 4) is 0 Å². The fraction of sp³-hybridized carbons (Fsp3) is 0.238. The van der Waals surface area contributed by atoms with Crippen LogP contribution in [0.4, 0.5) is 0 Å². The topological polar surface area (TPSA) is 49.4 Å². The number of amides is 2. The Morgan fingerprint density at radius 2 is 1.85 bits per heavy atom. The van der Waals surface area contributed by atoms with Crippen LogP contribution in [0.25, 0.3) is 0 Å². The summed E-state index contributed by atoms with van der Waals surface area (Å²) in [5.74, 6) is -0.268. The molecule has 0 spiro atoms. The minimum Gasteiger partial charge on any atom is -0.342 e. The second-order valence-electron chi connectivity index (χ2n) is 6.22. The fourth-order valence-electron chi connectivity index (χ4n) is 2.72. The van der Waals surface area contributed by atoms with Gasteiger partial charge < -0.3 is 10.2 Å². The van der Waals surface area contributed by atoms with Crippen LogP contribution in [-0.2, 0) is 17.8 Å². The summed E-state index contributed by atoms with van der Waals surface area (Å²) in [6.07, 6.45) is 0.788. The molecule has 140 valence electrons. The molecule has 0 radical (unpaired) electrons. The van der Waals surface area contributed by atoms with Gasteiger partial charge in [-0.2, -0.15) is 0 Å². The van der Waals surface area contributed by atoms with Crippen LogP contribution in [0.15, 0.2) is 60.0 Å². The lowest BCUT2D eigenvalue weighted by Crippen LogP contribution is -2.40. The highest BCUT2D eigenvalue weighted by Gasteiger charge is 2.17. The van der Waals surface area contributed by atoms with Gasteiger partial charge in [0.25, 0.3) is 5.91 Å². The Morgan fingerprint density at radius 1 is 1.04 bits per heavy atom. The molecular formula is C21H22N2O2S2. The first-order valence-electron chi connectivity index (χ1n) is 8.80. The van der Waals surface area contributed by atoms with Gasteiger partial charge in [0.15, 0.2) is 0 Å². The first-order chi connectivity index (χ1) is 13.1. The van der Waals surface area contributed by atoms with E-state index in [1.807, 2.05) is 34.5 Å². The van der Waals surface area contributed by atoms with Crippen LogP contribution in [0.3, 0.4) is 0 Å². The summed E-state index contributed by atoms with van der Waals surface area (Å²) >= 11 is 3.07. The lowest BCUT2D eigenvalue weighted by molar-refractivity contribution is -0.130. The van der Waals surface area contributed by atoms with E-state index in [1.165, 1.54) is 21.8 Å². The highest BCUT2D eigenvalue weighted by atomic mass is 32.1. The van der Waals surface area contributed by atoms with Gasteiger partial charge in [0.1, 0.15) is 0 Å². The van der Waals surface area contributed by atoms with E-state index in [0.717, 1.165) is 11.3 Å². The van der Waals surface area contributed by atoms with Crippen LogP contribution in [0.2, 0.25) is 0 Å². The molecule has 3 rings (SSSR count). The number of carbonyl (C=O) groups excluding carboxylic acids is 2. The van der Waals surface area contributed by atoms with Gasteiger partial charge in [-0.25, -0.2) is 0 Å². The molecule has 0 aliphatic rings. The van der Waals surface area contributed by atoms with Crippen molar-refractivity contribution in [1.29, 1.82) is 0 Å². The van der Waals surface area contributed by atoms with Crippen molar-refractivity contribution in [1.82, 2.24) is 10.2 Å². The van der Waals surface area contributed by atoms with Crippen molar-refractivity contribution in [2.75, 3.05) is 13.1 Å². The molecule has 0 atom stereocenters. The first-order valence-corrected chi connectivity index (χ1v) is 10.5. The predicted molar refractivity (Wildman–Crippen MR) is 111 cm³/mol. The Bertz CT molecular complexity index is 873. The molecule has 4 nitrogen and oxygen atoms in total. The lowest BCUT2D eigenvalue weighted by atomic mass is 10.1. The molecule has 0 saturated carbocycles. The molecule has 2 aromatic heterocycles. The smallest absolute Gasteiger partial charge is 0.261 e. The largest absolute Gasteiger partial charge is 0.342 e. The number of hydrogen-bond acceptors (Lipinski definition) is 4. The van der Waals surface area contributed by atoms with Gasteiger partial charge in [0.05, 0.1) is 18.0 Å². The number of aryl methyl sites for hydroxylation is 1. The van der Waals surface area contributed by atoms with E-state index in [2.05, 4.69) is 36.5 Å². The van der Waals surface area contributed by atoms with Crippen molar-refractivity contribution in [3.63, 3.8) is 0 Å².